The van der Waals surface area contributed by atoms with E-state index in [2.05, 4.69) is 15.3 Å². The second kappa shape index (κ2) is 6.45. The van der Waals surface area contributed by atoms with Gasteiger partial charge in [-0.1, -0.05) is 12.1 Å². The summed E-state index contributed by atoms with van der Waals surface area (Å²) >= 11 is 0. The van der Waals surface area contributed by atoms with Gasteiger partial charge in [-0.05, 0) is 26.0 Å². The molecule has 1 aromatic carbocycles. The molecule has 3 rings (SSSR count). The Morgan fingerprint density at radius 3 is 2.83 bits per heavy atom. The highest BCUT2D eigenvalue weighted by molar-refractivity contribution is 7.85. The van der Waals surface area contributed by atoms with E-state index in [1.165, 1.54) is 18.5 Å². The number of anilines is 1. The molecule has 0 aliphatic heterocycles. The molecule has 0 saturated carbocycles. The number of furan rings is 1. The van der Waals surface area contributed by atoms with Crippen LogP contribution in [0.15, 0.2) is 39.9 Å². The molecule has 23 heavy (non-hydrogen) atoms. The summed E-state index contributed by atoms with van der Waals surface area (Å²) in [5.74, 6) is 1.26. The Morgan fingerprint density at radius 2 is 2.04 bits per heavy atom. The van der Waals surface area contributed by atoms with Crippen LogP contribution in [0.4, 0.5) is 10.2 Å². The van der Waals surface area contributed by atoms with Crippen LogP contribution in [0.5, 0.6) is 0 Å². The lowest BCUT2D eigenvalue weighted by Gasteiger charge is -2.07. The fourth-order valence-electron chi connectivity index (χ4n) is 2.32. The molecule has 0 saturated heterocycles. The molecule has 5 nitrogen and oxygen atoms in total. The van der Waals surface area contributed by atoms with Crippen molar-refractivity contribution < 1.29 is 13.0 Å². The molecule has 0 aliphatic carbocycles. The third-order valence-corrected chi connectivity index (χ3v) is 5.02. The monoisotopic (exact) mass is 333 g/mol. The van der Waals surface area contributed by atoms with E-state index in [-0.39, 0.29) is 10.6 Å². The minimum atomic E-state index is -1.41. The first-order valence-corrected chi connectivity index (χ1v) is 8.47. The molecule has 2 aromatic heterocycles. The van der Waals surface area contributed by atoms with Crippen LogP contribution in [-0.4, -0.2) is 26.5 Å². The van der Waals surface area contributed by atoms with Crippen LogP contribution in [0.2, 0.25) is 0 Å². The predicted molar refractivity (Wildman–Crippen MR) is 87.4 cm³/mol. The number of hydrogen-bond donors (Lipinski definition) is 1. The maximum absolute atomic E-state index is 13.6. The SMILES string of the molecule is Cc1oc2ncnc(NCC[S@](=O)c3ccccc3F)c2c1C. The van der Waals surface area contributed by atoms with E-state index < -0.39 is 16.6 Å². The fourth-order valence-corrected chi connectivity index (χ4v) is 3.34. The molecular formula is C16H16FN3O2S. The number of aryl methyl sites for hydroxylation is 2. The van der Waals surface area contributed by atoms with Gasteiger partial charge in [0.05, 0.1) is 21.1 Å². The van der Waals surface area contributed by atoms with Gasteiger partial charge in [0.15, 0.2) is 0 Å². The Labute approximate surface area is 135 Å². The molecule has 120 valence electrons. The Balaban J connectivity index is 1.72. The molecule has 0 bridgehead atoms. The number of halogens is 1. The summed E-state index contributed by atoms with van der Waals surface area (Å²) in [5.41, 5.74) is 1.49. The lowest BCUT2D eigenvalue weighted by atomic mass is 10.2. The summed E-state index contributed by atoms with van der Waals surface area (Å²) in [6, 6.07) is 6.11. The highest BCUT2D eigenvalue weighted by Gasteiger charge is 2.14. The van der Waals surface area contributed by atoms with Crippen molar-refractivity contribution in [2.24, 2.45) is 0 Å². The first-order valence-electron chi connectivity index (χ1n) is 7.15. The quantitative estimate of drug-likeness (QED) is 0.776. The smallest absolute Gasteiger partial charge is 0.231 e. The van der Waals surface area contributed by atoms with Gasteiger partial charge in [-0.3, -0.25) is 4.21 Å². The predicted octanol–water partition coefficient (Wildman–Crippen LogP) is 3.20. The standard InChI is InChI=1S/C16H16FN3O2S/c1-10-11(2)22-16-14(10)15(19-9-20-16)18-7-8-23(21)13-6-4-3-5-12(13)17/h3-6,9H,7-8H2,1-2H3,(H,18,19,20)/t23-/m0/s1. The highest BCUT2D eigenvalue weighted by atomic mass is 32.2. The van der Waals surface area contributed by atoms with E-state index in [4.69, 9.17) is 4.42 Å². The highest BCUT2D eigenvalue weighted by Crippen LogP contribution is 2.27. The number of benzene rings is 1. The summed E-state index contributed by atoms with van der Waals surface area (Å²) in [5, 5.41) is 3.96. The average molecular weight is 333 g/mol. The van der Waals surface area contributed by atoms with E-state index in [0.717, 1.165) is 16.7 Å². The van der Waals surface area contributed by atoms with Crippen LogP contribution in [0.3, 0.4) is 0 Å². The Morgan fingerprint density at radius 1 is 1.26 bits per heavy atom. The van der Waals surface area contributed by atoms with Gasteiger partial charge in [-0.25, -0.2) is 14.4 Å². The van der Waals surface area contributed by atoms with Gasteiger partial charge in [0.2, 0.25) is 5.71 Å². The van der Waals surface area contributed by atoms with Gasteiger partial charge in [0.25, 0.3) is 0 Å². The molecule has 0 spiro atoms. The Bertz CT molecular complexity index is 879. The third kappa shape index (κ3) is 3.10. The van der Waals surface area contributed by atoms with Crippen molar-refractivity contribution in [1.29, 1.82) is 0 Å². The molecule has 7 heteroatoms. The first kappa shape index (κ1) is 15.6. The third-order valence-electron chi connectivity index (χ3n) is 3.63. The number of hydrogen-bond acceptors (Lipinski definition) is 5. The average Bonchev–Trinajstić information content (AvgIpc) is 2.83. The second-order valence-corrected chi connectivity index (χ2v) is 6.63. The van der Waals surface area contributed by atoms with Crippen molar-refractivity contribution in [3.8, 4) is 0 Å². The summed E-state index contributed by atoms with van der Waals surface area (Å²) < 4.78 is 31.3. The molecule has 0 amide bonds. The molecule has 2 heterocycles. The maximum atomic E-state index is 13.6. The van der Waals surface area contributed by atoms with Crippen LogP contribution in [0.25, 0.3) is 11.1 Å². The Hall–Kier alpha value is -2.28. The Kier molecular flexibility index (Phi) is 4.38. The zero-order valence-electron chi connectivity index (χ0n) is 12.8. The molecular weight excluding hydrogens is 317 g/mol. The lowest BCUT2D eigenvalue weighted by molar-refractivity contribution is 0.564. The zero-order valence-corrected chi connectivity index (χ0v) is 13.6. The summed E-state index contributed by atoms with van der Waals surface area (Å²) in [7, 11) is -1.41. The van der Waals surface area contributed by atoms with Crippen LogP contribution in [-0.2, 0) is 10.8 Å². The summed E-state index contributed by atoms with van der Waals surface area (Å²) in [4.78, 5) is 8.53. The van der Waals surface area contributed by atoms with Crippen LogP contribution >= 0.6 is 0 Å². The van der Waals surface area contributed by atoms with Crippen molar-refractivity contribution in [2.75, 3.05) is 17.6 Å². The maximum Gasteiger partial charge on any atom is 0.231 e. The fraction of sp³-hybridized carbons (Fsp3) is 0.250. The van der Waals surface area contributed by atoms with Crippen molar-refractivity contribution in [1.82, 2.24) is 9.97 Å². The molecule has 1 N–H and O–H groups in total. The molecule has 0 radical (unpaired) electrons. The number of rotatable bonds is 5. The van der Waals surface area contributed by atoms with E-state index in [1.54, 1.807) is 12.1 Å². The molecule has 0 fully saturated rings. The lowest BCUT2D eigenvalue weighted by Crippen LogP contribution is -2.13. The minimum Gasteiger partial charge on any atom is -0.443 e. The van der Waals surface area contributed by atoms with Crippen molar-refractivity contribution in [2.45, 2.75) is 18.7 Å². The van der Waals surface area contributed by atoms with Crippen molar-refractivity contribution in [3.63, 3.8) is 0 Å². The van der Waals surface area contributed by atoms with Gasteiger partial charge in [-0.2, -0.15) is 0 Å². The number of fused-ring (bicyclic) bond motifs is 1. The van der Waals surface area contributed by atoms with Gasteiger partial charge >= 0.3 is 0 Å². The van der Waals surface area contributed by atoms with Crippen molar-refractivity contribution >= 4 is 27.7 Å². The van der Waals surface area contributed by atoms with Crippen molar-refractivity contribution in [3.05, 3.63) is 47.7 Å². The van der Waals surface area contributed by atoms with Crippen LogP contribution in [0.1, 0.15) is 11.3 Å². The van der Waals surface area contributed by atoms with Gasteiger partial charge < -0.3 is 9.73 Å². The number of nitrogens with one attached hydrogen (secondary N) is 1. The summed E-state index contributed by atoms with van der Waals surface area (Å²) in [6.07, 6.45) is 1.42. The second-order valence-electron chi connectivity index (χ2n) is 5.09. The van der Waals surface area contributed by atoms with Gasteiger partial charge in [-0.15, -0.1) is 0 Å². The zero-order chi connectivity index (χ0) is 16.4. The van der Waals surface area contributed by atoms with E-state index in [1.807, 2.05) is 13.8 Å². The normalized spacial score (nSPS) is 12.5. The van der Waals surface area contributed by atoms with Crippen LogP contribution < -0.4 is 5.32 Å². The molecule has 3 aromatic rings. The topological polar surface area (TPSA) is 68.0 Å². The van der Waals surface area contributed by atoms with E-state index in [9.17, 15) is 8.60 Å². The van der Waals surface area contributed by atoms with Gasteiger partial charge in [0, 0.05) is 17.9 Å². The molecule has 1 atom stereocenters. The molecule has 0 aliphatic rings. The van der Waals surface area contributed by atoms with Gasteiger partial charge in [0.1, 0.15) is 23.7 Å². The van der Waals surface area contributed by atoms with E-state index in [0.29, 0.717) is 18.1 Å². The summed E-state index contributed by atoms with van der Waals surface area (Å²) in [6.45, 7) is 4.21. The van der Waals surface area contributed by atoms with E-state index >= 15 is 0 Å². The largest absolute Gasteiger partial charge is 0.443 e. The minimum absolute atomic E-state index is 0.220. The van der Waals surface area contributed by atoms with Crippen LogP contribution in [0, 0.1) is 19.7 Å². The molecule has 0 unspecified atom stereocenters. The number of aromatic nitrogens is 2. The number of nitrogens with zero attached hydrogens (tertiary/aromatic N) is 2. The first-order chi connectivity index (χ1) is 11.1.